The molecule has 1 heteroatoms. The van der Waals surface area contributed by atoms with Gasteiger partial charge in [0.2, 0.25) is 0 Å². The van der Waals surface area contributed by atoms with E-state index in [-0.39, 0.29) is 5.92 Å². The molecule has 0 saturated carbocycles. The van der Waals surface area contributed by atoms with Crippen molar-refractivity contribution in [1.29, 1.82) is 0 Å². The number of carbonyl (C=O) groups excluding carboxylic acids is 1. The molecule has 0 fully saturated rings. The molecular weight excluding hydrogens is 184 g/mol. The van der Waals surface area contributed by atoms with Gasteiger partial charge in [-0.05, 0) is 52.9 Å². The van der Waals surface area contributed by atoms with E-state index in [2.05, 4.69) is 32.9 Å². The van der Waals surface area contributed by atoms with E-state index in [9.17, 15) is 4.79 Å². The van der Waals surface area contributed by atoms with Gasteiger partial charge in [0.15, 0.2) is 0 Å². The first kappa shape index (κ1) is 12.2. The Hall–Kier alpha value is -0.850. The van der Waals surface area contributed by atoms with E-state index in [1.807, 2.05) is 0 Å². The molecule has 0 radical (unpaired) electrons. The first-order valence-corrected chi connectivity index (χ1v) is 5.82. The monoisotopic (exact) mass is 206 g/mol. The predicted molar refractivity (Wildman–Crippen MR) is 64.7 cm³/mol. The fourth-order valence-corrected chi connectivity index (χ4v) is 2.36. The van der Waals surface area contributed by atoms with Crippen LogP contribution in [0.25, 0.3) is 0 Å². The summed E-state index contributed by atoms with van der Waals surface area (Å²) in [6.45, 7) is 8.12. The van der Waals surface area contributed by atoms with E-state index in [0.29, 0.717) is 11.7 Å². The van der Waals surface area contributed by atoms with Gasteiger partial charge >= 0.3 is 0 Å². The van der Waals surface area contributed by atoms with Crippen molar-refractivity contribution in [3.05, 3.63) is 23.3 Å². The quantitative estimate of drug-likeness (QED) is 0.640. The summed E-state index contributed by atoms with van der Waals surface area (Å²) in [5.74, 6) is 1.19. The maximum absolute atomic E-state index is 11.4. The number of carbonyl (C=O) groups is 1. The van der Waals surface area contributed by atoms with Crippen LogP contribution in [0.1, 0.15) is 47.0 Å². The lowest BCUT2D eigenvalue weighted by molar-refractivity contribution is -0.121. The second-order valence-electron chi connectivity index (χ2n) is 4.86. The van der Waals surface area contributed by atoms with Crippen LogP contribution in [0.3, 0.4) is 0 Å². The van der Waals surface area contributed by atoms with Gasteiger partial charge in [-0.1, -0.05) is 23.3 Å². The molecule has 0 N–H and O–H groups in total. The third kappa shape index (κ3) is 3.65. The standard InChI is InChI=1S/C14H22O/c1-5-10(2)6-13-7-11(3)8-14(9-13)12(4)15/h5,7,13-14H,6,8-9H2,1-4H3. The van der Waals surface area contributed by atoms with Crippen LogP contribution in [0, 0.1) is 11.8 Å². The van der Waals surface area contributed by atoms with Gasteiger partial charge in [-0.3, -0.25) is 4.79 Å². The highest BCUT2D eigenvalue weighted by molar-refractivity contribution is 5.78. The average Bonchev–Trinajstić information content (AvgIpc) is 2.16. The maximum atomic E-state index is 11.4. The highest BCUT2D eigenvalue weighted by Crippen LogP contribution is 2.32. The first-order chi connectivity index (χ1) is 7.02. The zero-order valence-electron chi connectivity index (χ0n) is 10.3. The minimum Gasteiger partial charge on any atom is -0.300 e. The number of hydrogen-bond donors (Lipinski definition) is 0. The summed E-state index contributed by atoms with van der Waals surface area (Å²) in [4.78, 5) is 11.4. The molecule has 0 bridgehead atoms. The van der Waals surface area contributed by atoms with E-state index in [1.54, 1.807) is 6.92 Å². The number of hydrogen-bond acceptors (Lipinski definition) is 1. The van der Waals surface area contributed by atoms with Crippen LogP contribution >= 0.6 is 0 Å². The Balaban J connectivity index is 2.67. The van der Waals surface area contributed by atoms with Crippen molar-refractivity contribution >= 4 is 5.78 Å². The molecule has 1 nitrogen and oxygen atoms in total. The van der Waals surface area contributed by atoms with Crippen LogP contribution < -0.4 is 0 Å². The Labute approximate surface area is 93.3 Å². The van der Waals surface area contributed by atoms with Crippen molar-refractivity contribution in [3.63, 3.8) is 0 Å². The Bertz CT molecular complexity index is 296. The fourth-order valence-electron chi connectivity index (χ4n) is 2.36. The van der Waals surface area contributed by atoms with Crippen LogP contribution in [0.2, 0.25) is 0 Å². The molecule has 1 aliphatic carbocycles. The molecule has 0 aromatic carbocycles. The Morgan fingerprint density at radius 1 is 1.53 bits per heavy atom. The number of ketones is 1. The van der Waals surface area contributed by atoms with Crippen molar-refractivity contribution < 1.29 is 4.79 Å². The predicted octanol–water partition coefficient (Wildman–Crippen LogP) is 3.90. The van der Waals surface area contributed by atoms with Gasteiger partial charge in [-0.15, -0.1) is 0 Å². The Kier molecular flexibility index (Phi) is 4.31. The molecule has 0 aromatic rings. The van der Waals surface area contributed by atoms with Crippen LogP contribution in [0.15, 0.2) is 23.3 Å². The molecule has 2 atom stereocenters. The SMILES string of the molecule is CC=C(C)CC1C=C(C)CC(C(C)=O)C1. The fraction of sp³-hybridized carbons (Fsp3) is 0.643. The highest BCUT2D eigenvalue weighted by atomic mass is 16.1. The molecule has 84 valence electrons. The number of Topliss-reactive ketones (excluding diaryl/α,β-unsaturated/α-hetero) is 1. The minimum atomic E-state index is 0.268. The smallest absolute Gasteiger partial charge is 0.133 e. The Morgan fingerprint density at radius 2 is 2.20 bits per heavy atom. The van der Waals surface area contributed by atoms with E-state index in [4.69, 9.17) is 0 Å². The molecule has 0 heterocycles. The number of rotatable bonds is 3. The summed E-state index contributed by atoms with van der Waals surface area (Å²) in [5, 5.41) is 0. The molecule has 0 aliphatic heterocycles. The van der Waals surface area contributed by atoms with E-state index in [1.165, 1.54) is 11.1 Å². The average molecular weight is 206 g/mol. The molecule has 1 rings (SSSR count). The zero-order valence-corrected chi connectivity index (χ0v) is 10.3. The summed E-state index contributed by atoms with van der Waals surface area (Å²) in [6, 6.07) is 0. The molecular formula is C14H22O. The lowest BCUT2D eigenvalue weighted by Gasteiger charge is -2.26. The normalized spacial score (nSPS) is 27.5. The molecule has 15 heavy (non-hydrogen) atoms. The van der Waals surface area contributed by atoms with Gasteiger partial charge in [0, 0.05) is 5.92 Å². The van der Waals surface area contributed by atoms with Gasteiger partial charge in [0.1, 0.15) is 5.78 Å². The molecule has 0 aromatic heterocycles. The highest BCUT2D eigenvalue weighted by Gasteiger charge is 2.23. The van der Waals surface area contributed by atoms with Gasteiger partial charge in [-0.25, -0.2) is 0 Å². The third-order valence-electron chi connectivity index (χ3n) is 3.33. The topological polar surface area (TPSA) is 17.1 Å². The minimum absolute atomic E-state index is 0.268. The van der Waals surface area contributed by atoms with Crippen molar-refractivity contribution in [3.8, 4) is 0 Å². The van der Waals surface area contributed by atoms with Crippen LogP contribution in [0.4, 0.5) is 0 Å². The van der Waals surface area contributed by atoms with Crippen LogP contribution in [-0.4, -0.2) is 5.78 Å². The second-order valence-corrected chi connectivity index (χ2v) is 4.86. The number of allylic oxidation sites excluding steroid dienone is 4. The molecule has 0 saturated heterocycles. The van der Waals surface area contributed by atoms with E-state index < -0.39 is 0 Å². The lowest BCUT2D eigenvalue weighted by atomic mass is 9.78. The van der Waals surface area contributed by atoms with Crippen molar-refractivity contribution in [2.24, 2.45) is 11.8 Å². The van der Waals surface area contributed by atoms with Gasteiger partial charge < -0.3 is 0 Å². The summed E-state index contributed by atoms with van der Waals surface area (Å²) in [6.07, 6.45) is 7.64. The Morgan fingerprint density at radius 3 is 2.73 bits per heavy atom. The van der Waals surface area contributed by atoms with Gasteiger partial charge in [0.05, 0.1) is 0 Å². The van der Waals surface area contributed by atoms with Crippen LogP contribution in [0.5, 0.6) is 0 Å². The summed E-state index contributed by atoms with van der Waals surface area (Å²) in [5.41, 5.74) is 2.81. The van der Waals surface area contributed by atoms with Crippen molar-refractivity contribution in [2.45, 2.75) is 47.0 Å². The van der Waals surface area contributed by atoms with E-state index >= 15 is 0 Å². The maximum Gasteiger partial charge on any atom is 0.133 e. The van der Waals surface area contributed by atoms with Crippen LogP contribution in [-0.2, 0) is 4.79 Å². The largest absolute Gasteiger partial charge is 0.300 e. The summed E-state index contributed by atoms with van der Waals surface area (Å²) >= 11 is 0. The van der Waals surface area contributed by atoms with Crippen molar-refractivity contribution in [1.82, 2.24) is 0 Å². The molecule has 0 amide bonds. The third-order valence-corrected chi connectivity index (χ3v) is 3.33. The van der Waals surface area contributed by atoms with Gasteiger partial charge in [-0.2, -0.15) is 0 Å². The summed E-state index contributed by atoms with van der Waals surface area (Å²) in [7, 11) is 0. The molecule has 2 unspecified atom stereocenters. The first-order valence-electron chi connectivity index (χ1n) is 5.82. The zero-order chi connectivity index (χ0) is 11.4. The van der Waals surface area contributed by atoms with Crippen molar-refractivity contribution in [2.75, 3.05) is 0 Å². The molecule has 1 aliphatic rings. The lowest BCUT2D eigenvalue weighted by Crippen LogP contribution is -2.20. The second kappa shape index (κ2) is 5.29. The summed E-state index contributed by atoms with van der Waals surface area (Å²) < 4.78 is 0. The molecule has 0 spiro atoms. The van der Waals surface area contributed by atoms with Gasteiger partial charge in [0.25, 0.3) is 0 Å². The van der Waals surface area contributed by atoms with E-state index in [0.717, 1.165) is 19.3 Å².